The lowest BCUT2D eigenvalue weighted by Gasteiger charge is -2.36. The van der Waals surface area contributed by atoms with Crippen molar-refractivity contribution in [3.05, 3.63) is 47.0 Å². The van der Waals surface area contributed by atoms with Crippen LogP contribution in [0.1, 0.15) is 5.56 Å². The summed E-state index contributed by atoms with van der Waals surface area (Å²) in [6.07, 6.45) is -0.556. The fraction of sp³-hybridized carbons (Fsp3) is 0.478. The summed E-state index contributed by atoms with van der Waals surface area (Å²) in [6.45, 7) is 4.76. The summed E-state index contributed by atoms with van der Waals surface area (Å²) in [7, 11) is 4.73. The molecule has 2 aromatic carbocycles. The van der Waals surface area contributed by atoms with E-state index in [0.717, 1.165) is 42.5 Å². The number of nitrogens with zero attached hydrogens (tertiary/aromatic N) is 2. The number of hydrogen-bond acceptors (Lipinski definition) is 7. The maximum Gasteiger partial charge on any atom is 0.203 e. The van der Waals surface area contributed by atoms with Crippen molar-refractivity contribution in [3.8, 4) is 17.2 Å². The van der Waals surface area contributed by atoms with Crippen molar-refractivity contribution in [2.24, 2.45) is 0 Å². The van der Waals surface area contributed by atoms with Crippen molar-refractivity contribution in [2.75, 3.05) is 65.6 Å². The lowest BCUT2D eigenvalue weighted by atomic mass is 10.2. The number of halogens is 1. The molecule has 0 saturated carbocycles. The lowest BCUT2D eigenvalue weighted by molar-refractivity contribution is 0.00905. The second-order valence-electron chi connectivity index (χ2n) is 7.47. The Morgan fingerprint density at radius 2 is 1.65 bits per heavy atom. The number of methoxy groups -OCH3 is 3. The number of benzene rings is 2. The van der Waals surface area contributed by atoms with Gasteiger partial charge in [-0.25, -0.2) is 0 Å². The van der Waals surface area contributed by atoms with E-state index >= 15 is 0 Å². The topological polar surface area (TPSA) is 63.6 Å². The molecule has 0 bridgehead atoms. The predicted molar refractivity (Wildman–Crippen MR) is 122 cm³/mol. The molecular formula is C23H31ClN2O5. The maximum atomic E-state index is 10.4. The normalized spacial score (nSPS) is 15.6. The minimum atomic E-state index is -0.556. The second-order valence-corrected chi connectivity index (χ2v) is 7.91. The van der Waals surface area contributed by atoms with Crippen molar-refractivity contribution >= 4 is 17.3 Å². The average molecular weight is 451 g/mol. The van der Waals surface area contributed by atoms with Crippen molar-refractivity contribution in [2.45, 2.75) is 12.7 Å². The summed E-state index contributed by atoms with van der Waals surface area (Å²) in [5.41, 5.74) is 2.03. The highest BCUT2D eigenvalue weighted by Gasteiger charge is 2.20. The van der Waals surface area contributed by atoms with Gasteiger partial charge >= 0.3 is 0 Å². The molecule has 2 aromatic rings. The SMILES string of the molecule is COc1cc(COC[C@H](O)CN2CCN(c3cccc(Cl)c3)CC2)cc(OC)c1OC. The molecule has 0 amide bonds. The molecule has 3 rings (SSSR count). The number of piperazine rings is 1. The Labute approximate surface area is 189 Å². The zero-order valence-electron chi connectivity index (χ0n) is 18.3. The zero-order valence-corrected chi connectivity index (χ0v) is 19.1. The number of aliphatic hydroxyl groups is 1. The van der Waals surface area contributed by atoms with Gasteiger partial charge < -0.3 is 29.0 Å². The predicted octanol–water partition coefficient (Wildman–Crippen LogP) is 3.07. The van der Waals surface area contributed by atoms with Crippen molar-refractivity contribution in [1.29, 1.82) is 0 Å². The molecule has 0 aliphatic carbocycles. The molecule has 0 aromatic heterocycles. The van der Waals surface area contributed by atoms with Gasteiger partial charge in [0.25, 0.3) is 0 Å². The zero-order chi connectivity index (χ0) is 22.2. The molecule has 1 fully saturated rings. The fourth-order valence-corrected chi connectivity index (χ4v) is 3.93. The first-order chi connectivity index (χ1) is 15.0. The van der Waals surface area contributed by atoms with E-state index in [9.17, 15) is 5.11 Å². The molecule has 8 heteroatoms. The van der Waals surface area contributed by atoms with Crippen LogP contribution in [0.4, 0.5) is 5.69 Å². The van der Waals surface area contributed by atoms with E-state index in [1.54, 1.807) is 21.3 Å². The first-order valence-corrected chi connectivity index (χ1v) is 10.7. The Balaban J connectivity index is 1.43. The summed E-state index contributed by atoms with van der Waals surface area (Å²) in [5.74, 6) is 1.71. The van der Waals surface area contributed by atoms with E-state index in [2.05, 4.69) is 15.9 Å². The van der Waals surface area contributed by atoms with Gasteiger partial charge in [0.05, 0.1) is 40.6 Å². The highest BCUT2D eigenvalue weighted by Crippen LogP contribution is 2.38. The molecular weight excluding hydrogens is 420 g/mol. The van der Waals surface area contributed by atoms with E-state index < -0.39 is 6.10 Å². The van der Waals surface area contributed by atoms with Gasteiger partial charge in [-0.15, -0.1) is 0 Å². The highest BCUT2D eigenvalue weighted by atomic mass is 35.5. The first kappa shape index (κ1) is 23.5. The van der Waals surface area contributed by atoms with Crippen LogP contribution in [-0.4, -0.2) is 76.8 Å². The van der Waals surface area contributed by atoms with Crippen LogP contribution in [0, 0.1) is 0 Å². The van der Waals surface area contributed by atoms with E-state index in [-0.39, 0.29) is 6.61 Å². The molecule has 7 nitrogen and oxygen atoms in total. The molecule has 1 atom stereocenters. The number of β-amino-alcohol motifs (C(OH)–C–C–N with tert-alkyl or cyclic N) is 1. The Morgan fingerprint density at radius 3 is 2.23 bits per heavy atom. The summed E-state index contributed by atoms with van der Waals surface area (Å²) in [4.78, 5) is 4.57. The molecule has 1 aliphatic rings. The molecule has 170 valence electrons. The molecule has 0 spiro atoms. The summed E-state index contributed by atoms with van der Waals surface area (Å²) in [5, 5.41) is 11.2. The Bertz CT molecular complexity index is 817. The van der Waals surface area contributed by atoms with E-state index in [1.165, 1.54) is 0 Å². The van der Waals surface area contributed by atoms with Crippen LogP contribution in [-0.2, 0) is 11.3 Å². The monoisotopic (exact) mass is 450 g/mol. The Morgan fingerprint density at radius 1 is 0.968 bits per heavy atom. The second kappa shape index (κ2) is 11.4. The minimum absolute atomic E-state index is 0.255. The number of ether oxygens (including phenoxy) is 4. The standard InChI is InChI=1S/C23H31ClN2O5/c1-28-21-11-17(12-22(29-2)23(21)30-3)15-31-16-20(27)14-25-7-9-26(10-8-25)19-6-4-5-18(24)13-19/h4-6,11-13,20,27H,7-10,14-16H2,1-3H3/t20-/m1/s1. The van der Waals surface area contributed by atoms with Gasteiger partial charge in [0.2, 0.25) is 5.75 Å². The smallest absolute Gasteiger partial charge is 0.203 e. The molecule has 0 unspecified atom stereocenters. The Kier molecular flexibility index (Phi) is 8.66. The third-order valence-electron chi connectivity index (χ3n) is 5.32. The highest BCUT2D eigenvalue weighted by molar-refractivity contribution is 6.30. The van der Waals surface area contributed by atoms with Crippen LogP contribution >= 0.6 is 11.6 Å². The molecule has 1 saturated heterocycles. The van der Waals surface area contributed by atoms with Gasteiger partial charge in [0, 0.05) is 43.4 Å². The summed E-state index contributed by atoms with van der Waals surface area (Å²) in [6, 6.07) is 11.6. The molecule has 0 radical (unpaired) electrons. The minimum Gasteiger partial charge on any atom is -0.493 e. The first-order valence-electron chi connectivity index (χ1n) is 10.3. The van der Waals surface area contributed by atoms with Gasteiger partial charge in [0.15, 0.2) is 11.5 Å². The van der Waals surface area contributed by atoms with Gasteiger partial charge in [-0.3, -0.25) is 4.90 Å². The van der Waals surface area contributed by atoms with Crippen molar-refractivity contribution in [3.63, 3.8) is 0 Å². The third-order valence-corrected chi connectivity index (χ3v) is 5.55. The van der Waals surface area contributed by atoms with Gasteiger partial charge in [-0.05, 0) is 35.9 Å². The van der Waals surface area contributed by atoms with E-state index in [4.69, 9.17) is 30.5 Å². The number of hydrogen-bond donors (Lipinski definition) is 1. The number of rotatable bonds is 10. The number of aliphatic hydroxyl groups excluding tert-OH is 1. The van der Waals surface area contributed by atoms with E-state index in [1.807, 2.05) is 30.3 Å². The van der Waals surface area contributed by atoms with Crippen LogP contribution in [0.2, 0.25) is 5.02 Å². The summed E-state index contributed by atoms with van der Waals surface area (Å²) >= 11 is 6.10. The van der Waals surface area contributed by atoms with Crippen LogP contribution in [0.15, 0.2) is 36.4 Å². The fourth-order valence-electron chi connectivity index (χ4n) is 3.74. The largest absolute Gasteiger partial charge is 0.493 e. The van der Waals surface area contributed by atoms with Crippen LogP contribution in [0.3, 0.4) is 0 Å². The average Bonchev–Trinajstić information content (AvgIpc) is 2.78. The molecule has 1 heterocycles. The Hall–Kier alpha value is -2.19. The summed E-state index contributed by atoms with van der Waals surface area (Å²) < 4.78 is 21.8. The third kappa shape index (κ3) is 6.40. The van der Waals surface area contributed by atoms with Crippen LogP contribution in [0.25, 0.3) is 0 Å². The van der Waals surface area contributed by atoms with Crippen LogP contribution in [0.5, 0.6) is 17.2 Å². The van der Waals surface area contributed by atoms with Gasteiger partial charge in [-0.2, -0.15) is 0 Å². The van der Waals surface area contributed by atoms with Crippen molar-refractivity contribution < 1.29 is 24.1 Å². The lowest BCUT2D eigenvalue weighted by Crippen LogP contribution is -2.49. The van der Waals surface area contributed by atoms with Gasteiger partial charge in [0.1, 0.15) is 0 Å². The quantitative estimate of drug-likeness (QED) is 0.596. The van der Waals surface area contributed by atoms with E-state index in [0.29, 0.717) is 30.4 Å². The van der Waals surface area contributed by atoms with Gasteiger partial charge in [-0.1, -0.05) is 17.7 Å². The number of anilines is 1. The maximum absolute atomic E-state index is 10.4. The molecule has 1 N–H and O–H groups in total. The molecule has 31 heavy (non-hydrogen) atoms. The van der Waals surface area contributed by atoms with Crippen molar-refractivity contribution in [1.82, 2.24) is 4.90 Å². The molecule has 1 aliphatic heterocycles. The van der Waals surface area contributed by atoms with Crippen LogP contribution < -0.4 is 19.1 Å².